The molecule has 0 atom stereocenters. The fraction of sp³-hybridized carbons (Fsp3) is 0.438. The van der Waals surface area contributed by atoms with Crippen molar-refractivity contribution in [2.24, 2.45) is 10.9 Å². The molecule has 24 heavy (non-hydrogen) atoms. The first-order chi connectivity index (χ1) is 11.3. The summed E-state index contributed by atoms with van der Waals surface area (Å²) in [5, 5.41) is 2.93. The van der Waals surface area contributed by atoms with Crippen LogP contribution in [0.1, 0.15) is 13.8 Å². The molecule has 0 spiro atoms. The molecule has 0 saturated carbocycles. The summed E-state index contributed by atoms with van der Waals surface area (Å²) in [7, 11) is 4.50. The highest BCUT2D eigenvalue weighted by atomic mass is 16.7. The first kappa shape index (κ1) is 17.6. The van der Waals surface area contributed by atoms with Gasteiger partial charge in [0.15, 0.2) is 11.5 Å². The molecular formula is C16H20N2O6. The van der Waals surface area contributed by atoms with Crippen LogP contribution in [0.5, 0.6) is 11.5 Å². The molecule has 1 aliphatic rings. The Morgan fingerprint density at radius 3 is 2.21 bits per heavy atom. The zero-order valence-corrected chi connectivity index (χ0v) is 14.2. The van der Waals surface area contributed by atoms with E-state index in [4.69, 9.17) is 18.9 Å². The van der Waals surface area contributed by atoms with Crippen molar-refractivity contribution in [3.63, 3.8) is 0 Å². The number of carbonyl (C=O) groups excluding carboxylic acids is 2. The number of esters is 2. The van der Waals surface area contributed by atoms with Crippen molar-refractivity contribution in [2.45, 2.75) is 19.6 Å². The van der Waals surface area contributed by atoms with E-state index in [9.17, 15) is 9.59 Å². The van der Waals surface area contributed by atoms with Gasteiger partial charge in [-0.15, -0.1) is 0 Å². The number of nitrogens with one attached hydrogen (secondary N) is 1. The molecule has 8 nitrogen and oxygen atoms in total. The second-order valence-electron chi connectivity index (χ2n) is 5.48. The monoisotopic (exact) mass is 336 g/mol. The summed E-state index contributed by atoms with van der Waals surface area (Å²) in [6, 6.07) is 5.05. The SMILES string of the molecule is CN=C(Nc1ccc(OC)c(OC)c1)C1C(=O)OC(C)(C)OC1=O. The van der Waals surface area contributed by atoms with Crippen LogP contribution in [0.3, 0.4) is 0 Å². The molecule has 1 saturated heterocycles. The van der Waals surface area contributed by atoms with Crippen molar-refractivity contribution in [2.75, 3.05) is 26.6 Å². The van der Waals surface area contributed by atoms with Crippen LogP contribution >= 0.6 is 0 Å². The minimum absolute atomic E-state index is 0.118. The van der Waals surface area contributed by atoms with Crippen molar-refractivity contribution in [3.8, 4) is 11.5 Å². The highest BCUT2D eigenvalue weighted by Gasteiger charge is 2.46. The number of amidine groups is 1. The third-order valence-electron chi connectivity index (χ3n) is 3.33. The molecular weight excluding hydrogens is 316 g/mol. The Balaban J connectivity index is 2.24. The van der Waals surface area contributed by atoms with Gasteiger partial charge < -0.3 is 24.3 Å². The number of nitrogens with zero attached hydrogens (tertiary/aromatic N) is 1. The molecule has 0 bridgehead atoms. The van der Waals surface area contributed by atoms with Crippen LogP contribution in [0.15, 0.2) is 23.2 Å². The largest absolute Gasteiger partial charge is 0.493 e. The van der Waals surface area contributed by atoms with E-state index in [1.807, 2.05) is 0 Å². The normalized spacial score (nSPS) is 17.8. The van der Waals surface area contributed by atoms with E-state index >= 15 is 0 Å². The maximum atomic E-state index is 12.1. The van der Waals surface area contributed by atoms with Crippen molar-refractivity contribution >= 4 is 23.5 Å². The van der Waals surface area contributed by atoms with Crippen molar-refractivity contribution < 1.29 is 28.5 Å². The van der Waals surface area contributed by atoms with Crippen LogP contribution in [0.4, 0.5) is 5.69 Å². The molecule has 1 heterocycles. The van der Waals surface area contributed by atoms with Gasteiger partial charge in [0, 0.05) is 32.6 Å². The fourth-order valence-corrected chi connectivity index (χ4v) is 2.26. The van der Waals surface area contributed by atoms with Gasteiger partial charge >= 0.3 is 11.9 Å². The number of hydrogen-bond acceptors (Lipinski definition) is 7. The number of ether oxygens (including phenoxy) is 4. The Hall–Kier alpha value is -2.77. The van der Waals surface area contributed by atoms with Crippen LogP contribution in [0.25, 0.3) is 0 Å². The summed E-state index contributed by atoms with van der Waals surface area (Å²) in [5.41, 5.74) is 0.568. The maximum absolute atomic E-state index is 12.1. The Morgan fingerprint density at radius 2 is 1.71 bits per heavy atom. The summed E-state index contributed by atoms with van der Waals surface area (Å²) >= 11 is 0. The number of benzene rings is 1. The van der Waals surface area contributed by atoms with Gasteiger partial charge in [-0.3, -0.25) is 14.6 Å². The highest BCUT2D eigenvalue weighted by molar-refractivity contribution is 6.21. The molecule has 1 aromatic carbocycles. The average Bonchev–Trinajstić information content (AvgIpc) is 2.51. The van der Waals surface area contributed by atoms with Gasteiger partial charge in [0.2, 0.25) is 5.92 Å². The van der Waals surface area contributed by atoms with Crippen LogP contribution in [-0.4, -0.2) is 44.8 Å². The smallest absolute Gasteiger partial charge is 0.331 e. The predicted octanol–water partition coefficient (Wildman–Crippen LogP) is 1.60. The van der Waals surface area contributed by atoms with E-state index < -0.39 is 23.6 Å². The quantitative estimate of drug-likeness (QED) is 0.386. The summed E-state index contributed by atoms with van der Waals surface area (Å²) in [4.78, 5) is 28.3. The second-order valence-corrected chi connectivity index (χ2v) is 5.48. The first-order valence-corrected chi connectivity index (χ1v) is 7.22. The molecule has 8 heteroatoms. The van der Waals surface area contributed by atoms with Crippen molar-refractivity contribution in [1.82, 2.24) is 0 Å². The van der Waals surface area contributed by atoms with E-state index in [0.717, 1.165) is 0 Å². The maximum Gasteiger partial charge on any atom is 0.331 e. The van der Waals surface area contributed by atoms with E-state index in [1.165, 1.54) is 35.1 Å². The minimum atomic E-state index is -1.28. The molecule has 0 radical (unpaired) electrons. The fourth-order valence-electron chi connectivity index (χ4n) is 2.26. The third kappa shape index (κ3) is 3.58. The van der Waals surface area contributed by atoms with Gasteiger partial charge in [-0.05, 0) is 12.1 Å². The standard InChI is InChI=1S/C16H20N2O6/c1-16(2)23-14(19)12(15(20)24-16)13(17-3)18-9-6-7-10(21-4)11(8-9)22-5/h6-8,12H,1-5H3,(H,17,18). The highest BCUT2D eigenvalue weighted by Crippen LogP contribution is 2.30. The van der Waals surface area contributed by atoms with Gasteiger partial charge in [-0.2, -0.15) is 0 Å². The zero-order chi connectivity index (χ0) is 17.9. The number of cyclic esters (lactones) is 2. The lowest BCUT2D eigenvalue weighted by Crippen LogP contribution is -2.50. The van der Waals surface area contributed by atoms with Gasteiger partial charge in [-0.25, -0.2) is 0 Å². The molecule has 130 valence electrons. The Morgan fingerprint density at radius 1 is 1.12 bits per heavy atom. The molecule has 0 amide bonds. The van der Waals surface area contributed by atoms with Gasteiger partial charge in [0.25, 0.3) is 5.79 Å². The van der Waals surface area contributed by atoms with E-state index in [1.54, 1.807) is 18.2 Å². The molecule has 0 aliphatic carbocycles. The number of anilines is 1. The van der Waals surface area contributed by atoms with Crippen molar-refractivity contribution in [3.05, 3.63) is 18.2 Å². The Kier molecular flexibility index (Phi) is 4.96. The molecule has 1 fully saturated rings. The lowest BCUT2D eigenvalue weighted by Gasteiger charge is -2.33. The van der Waals surface area contributed by atoms with Gasteiger partial charge in [0.1, 0.15) is 5.84 Å². The van der Waals surface area contributed by atoms with Gasteiger partial charge in [-0.1, -0.05) is 0 Å². The van der Waals surface area contributed by atoms with Crippen LogP contribution in [0, 0.1) is 5.92 Å². The van der Waals surface area contributed by atoms with E-state index in [-0.39, 0.29) is 5.84 Å². The molecule has 1 aliphatic heterocycles. The average molecular weight is 336 g/mol. The minimum Gasteiger partial charge on any atom is -0.493 e. The summed E-state index contributed by atoms with van der Waals surface area (Å²) < 4.78 is 20.6. The number of methoxy groups -OCH3 is 2. The summed E-state index contributed by atoms with van der Waals surface area (Å²) in [6.07, 6.45) is 0. The lowest BCUT2D eigenvalue weighted by molar-refractivity contribution is -0.235. The number of aliphatic imine (C=N–C) groups is 1. The Bertz CT molecular complexity index is 663. The molecule has 0 aromatic heterocycles. The molecule has 1 aromatic rings. The van der Waals surface area contributed by atoms with Crippen LogP contribution in [0.2, 0.25) is 0 Å². The summed E-state index contributed by atoms with van der Waals surface area (Å²) in [5.74, 6) is -2.82. The lowest BCUT2D eigenvalue weighted by atomic mass is 10.1. The van der Waals surface area contributed by atoms with Crippen molar-refractivity contribution in [1.29, 1.82) is 0 Å². The van der Waals surface area contributed by atoms with E-state index in [2.05, 4.69) is 10.3 Å². The molecule has 1 N–H and O–H groups in total. The van der Waals surface area contributed by atoms with Gasteiger partial charge in [0.05, 0.1) is 14.2 Å². The third-order valence-corrected chi connectivity index (χ3v) is 3.33. The second kappa shape index (κ2) is 6.77. The van der Waals surface area contributed by atoms with Crippen LogP contribution in [-0.2, 0) is 19.1 Å². The first-order valence-electron chi connectivity index (χ1n) is 7.22. The van der Waals surface area contributed by atoms with E-state index in [0.29, 0.717) is 17.2 Å². The Labute approximate surface area is 139 Å². The summed E-state index contributed by atoms with van der Waals surface area (Å²) in [6.45, 7) is 2.98. The topological polar surface area (TPSA) is 95.5 Å². The number of rotatable bonds is 4. The predicted molar refractivity (Wildman–Crippen MR) is 86.3 cm³/mol. The zero-order valence-electron chi connectivity index (χ0n) is 14.2. The van der Waals surface area contributed by atoms with Crippen LogP contribution < -0.4 is 14.8 Å². The number of hydrogen-bond donors (Lipinski definition) is 1. The molecule has 0 unspecified atom stereocenters. The number of carbonyl (C=O) groups is 2. The molecule has 2 rings (SSSR count).